The van der Waals surface area contributed by atoms with Crippen LogP contribution in [0.3, 0.4) is 0 Å². The predicted octanol–water partition coefficient (Wildman–Crippen LogP) is 5.74. The molecule has 0 aliphatic carbocycles. The zero-order valence-electron chi connectivity index (χ0n) is 19.8. The van der Waals surface area contributed by atoms with Crippen LogP contribution in [0.2, 0.25) is 0 Å². The molecule has 12 heteroatoms. The third-order valence-corrected chi connectivity index (χ3v) is 5.02. The second-order valence-electron chi connectivity index (χ2n) is 8.50. The number of anilines is 2. The van der Waals surface area contributed by atoms with Crippen LogP contribution >= 0.6 is 15.9 Å². The van der Waals surface area contributed by atoms with Crippen LogP contribution in [-0.4, -0.2) is 49.1 Å². The maximum Gasteiger partial charge on any atom is 0.573 e. The number of benzene rings is 1. The van der Waals surface area contributed by atoms with Crippen molar-refractivity contribution in [2.75, 3.05) is 30.4 Å². The van der Waals surface area contributed by atoms with Crippen molar-refractivity contribution in [2.45, 2.75) is 45.6 Å². The number of amides is 2. The Balaban J connectivity index is 0.000000410. The van der Waals surface area contributed by atoms with Crippen molar-refractivity contribution >= 4 is 39.4 Å². The van der Waals surface area contributed by atoms with Crippen molar-refractivity contribution in [3.05, 3.63) is 46.6 Å². The number of carbonyl (C=O) groups is 2. The number of halogens is 4. The van der Waals surface area contributed by atoms with Gasteiger partial charge in [-0.25, -0.2) is 9.78 Å². The molecule has 0 atom stereocenters. The molecule has 1 aromatic carbocycles. The Labute approximate surface area is 210 Å². The molecule has 1 aliphatic rings. The van der Waals surface area contributed by atoms with Gasteiger partial charge in [-0.1, -0.05) is 0 Å². The molecule has 0 radical (unpaired) electrons. The molecular weight excluding hydrogens is 533 g/mol. The second kappa shape index (κ2) is 12.1. The summed E-state index contributed by atoms with van der Waals surface area (Å²) >= 11 is 3.44. The molecule has 0 unspecified atom stereocenters. The van der Waals surface area contributed by atoms with Crippen LogP contribution in [0, 0.1) is 0 Å². The average Bonchev–Trinajstić information content (AvgIpc) is 3.28. The Morgan fingerprint density at radius 3 is 2.14 bits per heavy atom. The summed E-state index contributed by atoms with van der Waals surface area (Å²) in [5, 5.41) is 4.97. The van der Waals surface area contributed by atoms with Gasteiger partial charge in [0, 0.05) is 32.0 Å². The summed E-state index contributed by atoms with van der Waals surface area (Å²) in [5.74, 6) is 0.0400. The van der Waals surface area contributed by atoms with Crippen molar-refractivity contribution < 1.29 is 32.2 Å². The quantitative estimate of drug-likeness (QED) is 0.495. The minimum Gasteiger partial charge on any atom is -0.444 e. The number of hydrogen-bond donors (Lipinski definition) is 2. The Morgan fingerprint density at radius 2 is 1.69 bits per heavy atom. The summed E-state index contributed by atoms with van der Waals surface area (Å²) in [6, 6.07) is 6.61. The maximum atomic E-state index is 12.3. The van der Waals surface area contributed by atoms with Gasteiger partial charge in [0.05, 0.1) is 10.0 Å². The highest BCUT2D eigenvalue weighted by molar-refractivity contribution is 9.10. The van der Waals surface area contributed by atoms with Crippen LogP contribution in [0.4, 0.5) is 29.5 Å². The van der Waals surface area contributed by atoms with Crippen molar-refractivity contribution in [1.82, 2.24) is 10.3 Å². The molecule has 2 aromatic rings. The molecule has 192 valence electrons. The number of alkyl carbamates (subject to hydrolysis) is 1. The molecule has 2 N–H and O–H groups in total. The highest BCUT2D eigenvalue weighted by atomic mass is 79.9. The van der Waals surface area contributed by atoms with E-state index in [9.17, 15) is 22.8 Å². The highest BCUT2D eigenvalue weighted by Crippen LogP contribution is 2.28. The number of nitrogens with zero attached hydrogens (tertiary/aromatic N) is 2. The van der Waals surface area contributed by atoms with Gasteiger partial charge in [-0.3, -0.25) is 4.79 Å². The van der Waals surface area contributed by atoms with Crippen molar-refractivity contribution in [2.24, 2.45) is 0 Å². The van der Waals surface area contributed by atoms with E-state index in [1.807, 2.05) is 20.8 Å². The fraction of sp³-hybridized carbons (Fsp3) is 0.435. The lowest BCUT2D eigenvalue weighted by Crippen LogP contribution is -2.30. The van der Waals surface area contributed by atoms with Gasteiger partial charge in [-0.2, -0.15) is 0 Å². The van der Waals surface area contributed by atoms with Crippen LogP contribution in [0.15, 0.2) is 41.0 Å². The molecule has 1 aliphatic heterocycles. The van der Waals surface area contributed by atoms with E-state index in [1.54, 1.807) is 6.07 Å². The molecule has 2 heterocycles. The van der Waals surface area contributed by atoms with Gasteiger partial charge in [-0.15, -0.1) is 13.2 Å². The van der Waals surface area contributed by atoms with Crippen LogP contribution in [0.25, 0.3) is 0 Å². The van der Waals surface area contributed by atoms with Crippen molar-refractivity contribution in [3.8, 4) is 5.75 Å². The number of ether oxygens (including phenoxy) is 2. The van der Waals surface area contributed by atoms with Crippen LogP contribution in [0.1, 0.15) is 44.0 Å². The van der Waals surface area contributed by atoms with Crippen molar-refractivity contribution in [1.29, 1.82) is 0 Å². The molecule has 1 aromatic heterocycles. The normalized spacial score (nSPS) is 13.4. The van der Waals surface area contributed by atoms with E-state index in [1.165, 1.54) is 25.4 Å². The van der Waals surface area contributed by atoms with Crippen LogP contribution < -0.4 is 20.3 Å². The number of aromatic nitrogens is 1. The molecule has 0 bridgehead atoms. The third-order valence-electron chi connectivity index (χ3n) is 4.44. The zero-order valence-corrected chi connectivity index (χ0v) is 21.4. The van der Waals surface area contributed by atoms with Crippen LogP contribution in [0.5, 0.6) is 5.75 Å². The Bertz CT molecular complexity index is 1010. The van der Waals surface area contributed by atoms with Crippen LogP contribution in [-0.2, 0) is 4.74 Å². The fourth-order valence-electron chi connectivity index (χ4n) is 2.99. The fourth-order valence-corrected chi connectivity index (χ4v) is 3.59. The SMILES string of the molecule is CNC(=O)OC(C)(C)C.O=C(Nc1ccc(OC(F)(F)F)cc1)c1cnc(N2CCCC2)c(Br)c1. The average molecular weight is 561 g/mol. The summed E-state index contributed by atoms with van der Waals surface area (Å²) < 4.78 is 45.8. The molecule has 8 nitrogen and oxygen atoms in total. The van der Waals surface area contributed by atoms with Gasteiger partial charge >= 0.3 is 12.5 Å². The summed E-state index contributed by atoms with van der Waals surface area (Å²) in [6.45, 7) is 7.33. The van der Waals surface area contributed by atoms with E-state index < -0.39 is 12.3 Å². The molecule has 0 saturated carbocycles. The van der Waals surface area contributed by atoms with E-state index in [4.69, 9.17) is 4.74 Å². The first-order valence-electron chi connectivity index (χ1n) is 10.8. The van der Waals surface area contributed by atoms with E-state index in [0.717, 1.165) is 48.4 Å². The summed E-state index contributed by atoms with van der Waals surface area (Å²) in [7, 11) is 1.54. The smallest absolute Gasteiger partial charge is 0.444 e. The number of hydrogen-bond acceptors (Lipinski definition) is 6. The van der Waals surface area contributed by atoms with Crippen molar-refractivity contribution in [3.63, 3.8) is 0 Å². The number of nitrogens with one attached hydrogen (secondary N) is 2. The maximum absolute atomic E-state index is 12.3. The summed E-state index contributed by atoms with van der Waals surface area (Å²) in [4.78, 5) is 29.3. The Hall–Kier alpha value is -3.02. The highest BCUT2D eigenvalue weighted by Gasteiger charge is 2.31. The van der Waals surface area contributed by atoms with Gasteiger partial charge < -0.3 is 25.0 Å². The molecular formula is C23H28BrF3N4O4. The van der Waals surface area contributed by atoms with Gasteiger partial charge in [0.1, 0.15) is 17.2 Å². The zero-order chi connectivity index (χ0) is 26.2. The Kier molecular flexibility index (Phi) is 9.75. The van der Waals surface area contributed by atoms with E-state index in [-0.39, 0.29) is 17.4 Å². The standard InChI is InChI=1S/C17H15BrF3N3O2.C6H13NO2/c18-14-9-11(10-22-15(14)24-7-1-2-8-24)16(25)23-12-3-5-13(6-4-12)26-17(19,20)21;1-6(2,3)9-5(8)7-4/h3-6,9-10H,1-2,7-8H2,(H,23,25);1-4H3,(H,7,8). The third kappa shape index (κ3) is 10.0. The van der Waals surface area contributed by atoms with E-state index >= 15 is 0 Å². The number of rotatable bonds is 4. The lowest BCUT2D eigenvalue weighted by Gasteiger charge is -2.18. The molecule has 1 saturated heterocycles. The first-order chi connectivity index (χ1) is 16.3. The van der Waals surface area contributed by atoms with E-state index in [2.05, 4.69) is 41.2 Å². The van der Waals surface area contributed by atoms with Gasteiger partial charge in [0.2, 0.25) is 0 Å². The molecule has 3 rings (SSSR count). The predicted molar refractivity (Wildman–Crippen MR) is 130 cm³/mol. The van der Waals surface area contributed by atoms with E-state index in [0.29, 0.717) is 11.3 Å². The molecule has 2 amide bonds. The van der Waals surface area contributed by atoms with Gasteiger partial charge in [-0.05, 0) is 79.9 Å². The minimum atomic E-state index is -4.75. The largest absolute Gasteiger partial charge is 0.573 e. The lowest BCUT2D eigenvalue weighted by molar-refractivity contribution is -0.274. The Morgan fingerprint density at radius 1 is 1.09 bits per heavy atom. The first kappa shape index (κ1) is 28.2. The lowest BCUT2D eigenvalue weighted by atomic mass is 10.2. The molecule has 35 heavy (non-hydrogen) atoms. The number of alkyl halides is 3. The number of pyridine rings is 1. The number of carbonyl (C=O) groups excluding carboxylic acids is 2. The topological polar surface area (TPSA) is 92.8 Å². The first-order valence-corrected chi connectivity index (χ1v) is 11.5. The monoisotopic (exact) mass is 560 g/mol. The van der Waals surface area contributed by atoms with Gasteiger partial charge in [0.15, 0.2) is 0 Å². The summed E-state index contributed by atoms with van der Waals surface area (Å²) in [6.07, 6.45) is -1.42. The molecule has 0 spiro atoms. The minimum absolute atomic E-state index is 0.343. The second-order valence-corrected chi connectivity index (χ2v) is 9.36. The summed E-state index contributed by atoms with van der Waals surface area (Å²) in [5.41, 5.74) is 0.305. The molecule has 1 fully saturated rings. The van der Waals surface area contributed by atoms with Gasteiger partial charge in [0.25, 0.3) is 5.91 Å².